The summed E-state index contributed by atoms with van der Waals surface area (Å²) in [5.74, 6) is 0.848. The van der Waals surface area contributed by atoms with Gasteiger partial charge in [0.15, 0.2) is 0 Å². The van der Waals surface area contributed by atoms with Gasteiger partial charge in [0, 0.05) is 53.1 Å². The number of likely N-dealkylation sites (N-methyl/N-ethyl adjacent to an activating group) is 1. The molecular formula is C17H28N4O4. The summed E-state index contributed by atoms with van der Waals surface area (Å²) in [7, 11) is 3.34. The summed E-state index contributed by atoms with van der Waals surface area (Å²) >= 11 is 0. The van der Waals surface area contributed by atoms with Crippen molar-refractivity contribution >= 4 is 11.8 Å². The molecule has 1 fully saturated rings. The molecule has 0 bridgehead atoms. The number of imidazole rings is 1. The molecule has 8 heteroatoms. The van der Waals surface area contributed by atoms with Gasteiger partial charge in [-0.1, -0.05) is 0 Å². The van der Waals surface area contributed by atoms with Crippen LogP contribution in [0.5, 0.6) is 0 Å². The minimum atomic E-state index is -0.807. The predicted molar refractivity (Wildman–Crippen MR) is 92.0 cm³/mol. The maximum atomic E-state index is 12.7. The average molecular weight is 352 g/mol. The Morgan fingerprint density at radius 3 is 2.84 bits per heavy atom. The van der Waals surface area contributed by atoms with E-state index in [4.69, 9.17) is 9.47 Å². The first-order valence-electron chi connectivity index (χ1n) is 8.47. The van der Waals surface area contributed by atoms with Crippen LogP contribution in [0.4, 0.5) is 0 Å². The highest BCUT2D eigenvalue weighted by Crippen LogP contribution is 2.22. The third kappa shape index (κ3) is 5.02. The summed E-state index contributed by atoms with van der Waals surface area (Å²) in [6.07, 6.45) is 3.82. The molecule has 1 aliphatic heterocycles. The van der Waals surface area contributed by atoms with Gasteiger partial charge >= 0.3 is 0 Å². The van der Waals surface area contributed by atoms with Crippen molar-refractivity contribution < 1.29 is 19.1 Å². The largest absolute Gasteiger partial charge is 0.377 e. The monoisotopic (exact) mass is 352 g/mol. The van der Waals surface area contributed by atoms with Gasteiger partial charge in [-0.05, 0) is 6.92 Å². The standard InChI is InChI=1S/C17H28N4O4/c1-14-18-5-6-20(14)8-7-19(3)16(23)11-17(24-4)12-21(15(2)22)9-10-25-13-17/h5-6H,7-13H2,1-4H3/t17-/m1/s1. The van der Waals surface area contributed by atoms with Crippen LogP contribution in [0.1, 0.15) is 19.2 Å². The van der Waals surface area contributed by atoms with Crippen LogP contribution in [0.25, 0.3) is 0 Å². The summed E-state index contributed by atoms with van der Waals surface area (Å²) in [6.45, 7) is 6.34. The highest BCUT2D eigenvalue weighted by Gasteiger charge is 2.38. The Morgan fingerprint density at radius 1 is 1.48 bits per heavy atom. The van der Waals surface area contributed by atoms with Gasteiger partial charge < -0.3 is 23.8 Å². The first-order valence-corrected chi connectivity index (χ1v) is 8.47. The van der Waals surface area contributed by atoms with E-state index in [9.17, 15) is 9.59 Å². The van der Waals surface area contributed by atoms with E-state index in [1.54, 1.807) is 30.2 Å². The van der Waals surface area contributed by atoms with Crippen molar-refractivity contribution in [2.75, 3.05) is 47.0 Å². The lowest BCUT2D eigenvalue weighted by atomic mass is 9.98. The summed E-state index contributed by atoms with van der Waals surface area (Å²) in [5.41, 5.74) is -0.807. The van der Waals surface area contributed by atoms with Crippen LogP contribution in [0.15, 0.2) is 12.4 Å². The van der Waals surface area contributed by atoms with E-state index in [-0.39, 0.29) is 18.2 Å². The van der Waals surface area contributed by atoms with Crippen LogP contribution in [0.3, 0.4) is 0 Å². The van der Waals surface area contributed by atoms with Crippen LogP contribution < -0.4 is 0 Å². The van der Waals surface area contributed by atoms with Gasteiger partial charge in [-0.2, -0.15) is 0 Å². The molecular weight excluding hydrogens is 324 g/mol. The number of carbonyl (C=O) groups excluding carboxylic acids is 2. The first-order chi connectivity index (χ1) is 11.9. The van der Waals surface area contributed by atoms with Gasteiger partial charge in [-0.25, -0.2) is 4.98 Å². The zero-order chi connectivity index (χ0) is 18.4. The molecule has 2 rings (SSSR count). The summed E-state index contributed by atoms with van der Waals surface area (Å²) < 4.78 is 13.2. The molecule has 1 atom stereocenters. The van der Waals surface area contributed by atoms with Crippen molar-refractivity contribution in [1.29, 1.82) is 0 Å². The quantitative estimate of drug-likeness (QED) is 0.736. The third-order valence-electron chi connectivity index (χ3n) is 4.73. The van der Waals surface area contributed by atoms with Gasteiger partial charge in [0.25, 0.3) is 0 Å². The van der Waals surface area contributed by atoms with E-state index in [2.05, 4.69) is 4.98 Å². The molecule has 0 aromatic carbocycles. The Bertz CT molecular complexity index is 603. The lowest BCUT2D eigenvalue weighted by Crippen LogP contribution is -2.50. The molecule has 1 saturated heterocycles. The molecule has 1 aromatic rings. The van der Waals surface area contributed by atoms with E-state index >= 15 is 0 Å². The third-order valence-corrected chi connectivity index (χ3v) is 4.73. The number of amides is 2. The highest BCUT2D eigenvalue weighted by molar-refractivity contribution is 5.77. The summed E-state index contributed by atoms with van der Waals surface area (Å²) in [6, 6.07) is 0. The number of methoxy groups -OCH3 is 1. The van der Waals surface area contributed by atoms with E-state index < -0.39 is 5.60 Å². The van der Waals surface area contributed by atoms with Gasteiger partial charge in [-0.15, -0.1) is 0 Å². The molecule has 25 heavy (non-hydrogen) atoms. The van der Waals surface area contributed by atoms with Crippen molar-refractivity contribution in [1.82, 2.24) is 19.4 Å². The average Bonchev–Trinajstić information content (AvgIpc) is 2.87. The van der Waals surface area contributed by atoms with E-state index in [0.717, 1.165) is 5.82 Å². The van der Waals surface area contributed by atoms with Crippen molar-refractivity contribution in [2.45, 2.75) is 32.4 Å². The second kappa shape index (κ2) is 8.44. The number of nitrogens with zero attached hydrogens (tertiary/aromatic N) is 4. The molecule has 2 amide bonds. The Labute approximate surface area is 148 Å². The van der Waals surface area contributed by atoms with Gasteiger partial charge in [0.2, 0.25) is 11.8 Å². The fourth-order valence-corrected chi connectivity index (χ4v) is 2.91. The fraction of sp³-hybridized carbons (Fsp3) is 0.706. The van der Waals surface area contributed by atoms with Crippen LogP contribution in [-0.4, -0.2) is 83.8 Å². The topological polar surface area (TPSA) is 76.9 Å². The Kier molecular flexibility index (Phi) is 6.55. The SMILES string of the molecule is CO[C@@]1(CC(=O)N(C)CCn2ccnc2C)COCCN(C(C)=O)C1. The second-order valence-electron chi connectivity index (χ2n) is 6.54. The molecule has 140 valence electrons. The minimum Gasteiger partial charge on any atom is -0.377 e. The van der Waals surface area contributed by atoms with Crippen LogP contribution in [0.2, 0.25) is 0 Å². The van der Waals surface area contributed by atoms with Crippen LogP contribution in [-0.2, 0) is 25.6 Å². The van der Waals surface area contributed by atoms with Crippen molar-refractivity contribution in [2.24, 2.45) is 0 Å². The van der Waals surface area contributed by atoms with Crippen LogP contribution >= 0.6 is 0 Å². The summed E-state index contributed by atoms with van der Waals surface area (Å²) in [4.78, 5) is 32.0. The second-order valence-corrected chi connectivity index (χ2v) is 6.54. The predicted octanol–water partition coefficient (Wildman–Crippen LogP) is 0.304. The maximum absolute atomic E-state index is 12.7. The molecule has 0 spiro atoms. The van der Waals surface area contributed by atoms with Gasteiger partial charge in [0.05, 0.1) is 26.2 Å². The molecule has 0 radical (unpaired) electrons. The first kappa shape index (κ1) is 19.4. The number of carbonyl (C=O) groups is 2. The molecule has 8 nitrogen and oxygen atoms in total. The molecule has 0 aliphatic carbocycles. The normalized spacial score (nSPS) is 21.0. The number of ether oxygens (including phenoxy) is 2. The Balaban J connectivity index is 1.97. The van der Waals surface area contributed by atoms with Crippen molar-refractivity contribution in [3.05, 3.63) is 18.2 Å². The molecule has 1 aromatic heterocycles. The van der Waals surface area contributed by atoms with Crippen molar-refractivity contribution in [3.63, 3.8) is 0 Å². The molecule has 0 unspecified atom stereocenters. The molecule has 1 aliphatic rings. The van der Waals surface area contributed by atoms with Crippen LogP contribution in [0, 0.1) is 6.92 Å². The lowest BCUT2D eigenvalue weighted by molar-refractivity contribution is -0.144. The van der Waals surface area contributed by atoms with E-state index in [1.165, 1.54) is 6.92 Å². The Hall–Kier alpha value is -1.93. The highest BCUT2D eigenvalue weighted by atomic mass is 16.5. The Morgan fingerprint density at radius 2 is 2.24 bits per heavy atom. The minimum absolute atomic E-state index is 0.0337. The number of hydrogen-bond acceptors (Lipinski definition) is 5. The zero-order valence-corrected chi connectivity index (χ0v) is 15.5. The lowest BCUT2D eigenvalue weighted by Gasteiger charge is -2.34. The number of hydrogen-bond donors (Lipinski definition) is 0. The smallest absolute Gasteiger partial charge is 0.225 e. The molecule has 2 heterocycles. The van der Waals surface area contributed by atoms with Gasteiger partial charge in [0.1, 0.15) is 11.4 Å². The fourth-order valence-electron chi connectivity index (χ4n) is 2.91. The van der Waals surface area contributed by atoms with E-state index in [1.807, 2.05) is 17.7 Å². The maximum Gasteiger partial charge on any atom is 0.225 e. The zero-order valence-electron chi connectivity index (χ0n) is 15.5. The number of rotatable bonds is 6. The van der Waals surface area contributed by atoms with Crippen molar-refractivity contribution in [3.8, 4) is 0 Å². The van der Waals surface area contributed by atoms with E-state index in [0.29, 0.717) is 39.4 Å². The number of aromatic nitrogens is 2. The number of aryl methyl sites for hydroxylation is 1. The van der Waals surface area contributed by atoms with Gasteiger partial charge in [-0.3, -0.25) is 9.59 Å². The molecule has 0 saturated carbocycles. The molecule has 0 N–H and O–H groups in total. The summed E-state index contributed by atoms with van der Waals surface area (Å²) in [5, 5.41) is 0.